The number of rotatable bonds is 6. The molecule has 0 amide bonds. The Morgan fingerprint density at radius 1 is 1.25 bits per heavy atom. The lowest BCUT2D eigenvalue weighted by Gasteiger charge is -2.10. The van der Waals surface area contributed by atoms with Crippen LogP contribution in [-0.2, 0) is 4.79 Å². The van der Waals surface area contributed by atoms with Crippen LogP contribution in [0.25, 0.3) is 0 Å². The molecule has 0 saturated heterocycles. The average Bonchev–Trinajstić information content (AvgIpc) is 1.98. The molecule has 0 heterocycles. The highest BCUT2D eigenvalue weighted by molar-refractivity contribution is 5.80. The second-order valence-corrected chi connectivity index (χ2v) is 4.11. The van der Waals surface area contributed by atoms with Crippen molar-refractivity contribution in [3.63, 3.8) is 0 Å². The Labute approximate surface area is 76.6 Å². The normalized spacial score (nSPS) is 13.4. The summed E-state index contributed by atoms with van der Waals surface area (Å²) in [6.07, 6.45) is 4.21. The van der Waals surface area contributed by atoms with Gasteiger partial charge < -0.3 is 0 Å². The van der Waals surface area contributed by atoms with E-state index >= 15 is 0 Å². The van der Waals surface area contributed by atoms with E-state index in [0.29, 0.717) is 11.7 Å². The molecule has 0 rings (SSSR count). The van der Waals surface area contributed by atoms with E-state index in [-0.39, 0.29) is 5.92 Å². The summed E-state index contributed by atoms with van der Waals surface area (Å²) < 4.78 is 0. The summed E-state index contributed by atoms with van der Waals surface area (Å²) >= 11 is 0. The fraction of sp³-hybridized carbons (Fsp3) is 0.909. The highest BCUT2D eigenvalue weighted by Crippen LogP contribution is 2.13. The standard InChI is InChI=1S/C11H22O/c1-5-6-7-10(4)11(12)8-9(2)3/h9-10H,5-8H2,1-4H3. The Morgan fingerprint density at radius 3 is 2.25 bits per heavy atom. The summed E-state index contributed by atoms with van der Waals surface area (Å²) in [5.41, 5.74) is 0. The Balaban J connectivity index is 3.61. The van der Waals surface area contributed by atoms with E-state index in [2.05, 4.69) is 27.7 Å². The molecule has 0 saturated carbocycles. The van der Waals surface area contributed by atoms with Crippen molar-refractivity contribution in [3.05, 3.63) is 0 Å². The zero-order chi connectivity index (χ0) is 9.56. The highest BCUT2D eigenvalue weighted by Gasteiger charge is 2.12. The van der Waals surface area contributed by atoms with E-state index in [0.717, 1.165) is 12.8 Å². The first-order chi connectivity index (χ1) is 5.57. The zero-order valence-corrected chi connectivity index (χ0v) is 8.89. The number of hydrogen-bond acceptors (Lipinski definition) is 1. The van der Waals surface area contributed by atoms with Gasteiger partial charge in [-0.1, -0.05) is 40.5 Å². The molecule has 0 aromatic rings. The van der Waals surface area contributed by atoms with Gasteiger partial charge in [0.15, 0.2) is 0 Å². The number of Topliss-reactive ketones (excluding diaryl/α,β-unsaturated/α-hetero) is 1. The molecule has 0 aromatic heterocycles. The van der Waals surface area contributed by atoms with Crippen LogP contribution in [-0.4, -0.2) is 5.78 Å². The van der Waals surface area contributed by atoms with Gasteiger partial charge in [-0.25, -0.2) is 0 Å². The van der Waals surface area contributed by atoms with Crippen LogP contribution in [0, 0.1) is 11.8 Å². The van der Waals surface area contributed by atoms with Crippen molar-refractivity contribution < 1.29 is 4.79 Å². The van der Waals surface area contributed by atoms with Crippen molar-refractivity contribution in [2.45, 2.75) is 53.4 Å². The van der Waals surface area contributed by atoms with Crippen molar-refractivity contribution in [1.29, 1.82) is 0 Å². The van der Waals surface area contributed by atoms with Crippen molar-refractivity contribution in [2.75, 3.05) is 0 Å². The molecular formula is C11H22O. The summed E-state index contributed by atoms with van der Waals surface area (Å²) in [4.78, 5) is 11.5. The second-order valence-electron chi connectivity index (χ2n) is 4.11. The largest absolute Gasteiger partial charge is 0.299 e. The van der Waals surface area contributed by atoms with Crippen molar-refractivity contribution in [1.82, 2.24) is 0 Å². The van der Waals surface area contributed by atoms with Crippen LogP contribution in [0.1, 0.15) is 53.4 Å². The fourth-order valence-electron chi connectivity index (χ4n) is 1.27. The van der Waals surface area contributed by atoms with Gasteiger partial charge in [0.2, 0.25) is 0 Å². The minimum absolute atomic E-state index is 0.285. The molecule has 0 aliphatic carbocycles. The summed E-state index contributed by atoms with van der Waals surface area (Å²) in [7, 11) is 0. The number of hydrogen-bond donors (Lipinski definition) is 0. The molecule has 0 spiro atoms. The zero-order valence-electron chi connectivity index (χ0n) is 8.89. The lowest BCUT2D eigenvalue weighted by atomic mass is 9.94. The summed E-state index contributed by atoms with van der Waals surface area (Å²) in [6, 6.07) is 0. The summed E-state index contributed by atoms with van der Waals surface area (Å²) in [5.74, 6) is 1.24. The minimum atomic E-state index is 0.285. The third-order valence-corrected chi connectivity index (χ3v) is 2.15. The molecule has 1 heteroatoms. The Hall–Kier alpha value is -0.330. The van der Waals surface area contributed by atoms with Gasteiger partial charge in [0.05, 0.1) is 0 Å². The molecule has 0 aliphatic rings. The van der Waals surface area contributed by atoms with Gasteiger partial charge in [0.1, 0.15) is 5.78 Å². The highest BCUT2D eigenvalue weighted by atomic mass is 16.1. The van der Waals surface area contributed by atoms with Crippen molar-refractivity contribution in [3.8, 4) is 0 Å². The Kier molecular flexibility index (Phi) is 6.04. The lowest BCUT2D eigenvalue weighted by Crippen LogP contribution is -2.13. The van der Waals surface area contributed by atoms with Gasteiger partial charge in [0, 0.05) is 12.3 Å². The predicted octanol–water partition coefficient (Wildman–Crippen LogP) is 3.43. The smallest absolute Gasteiger partial charge is 0.135 e. The molecule has 0 radical (unpaired) electrons. The number of carbonyl (C=O) groups excluding carboxylic acids is 1. The molecule has 1 atom stereocenters. The van der Waals surface area contributed by atoms with Gasteiger partial charge in [-0.3, -0.25) is 4.79 Å². The number of carbonyl (C=O) groups is 1. The van der Waals surface area contributed by atoms with Crippen LogP contribution >= 0.6 is 0 Å². The Bertz CT molecular complexity index is 127. The second kappa shape index (κ2) is 6.22. The van der Waals surface area contributed by atoms with E-state index in [9.17, 15) is 4.79 Å². The number of ketones is 1. The van der Waals surface area contributed by atoms with Crippen molar-refractivity contribution in [2.24, 2.45) is 11.8 Å². The van der Waals surface area contributed by atoms with Crippen LogP contribution in [0.2, 0.25) is 0 Å². The number of unbranched alkanes of at least 4 members (excludes halogenated alkanes) is 1. The van der Waals surface area contributed by atoms with E-state index < -0.39 is 0 Å². The average molecular weight is 170 g/mol. The maximum Gasteiger partial charge on any atom is 0.135 e. The lowest BCUT2D eigenvalue weighted by molar-refractivity contribution is -0.123. The molecule has 0 aromatic carbocycles. The van der Waals surface area contributed by atoms with Gasteiger partial charge in [-0.2, -0.15) is 0 Å². The summed E-state index contributed by atoms with van der Waals surface area (Å²) in [6.45, 7) is 8.43. The van der Waals surface area contributed by atoms with Crippen molar-refractivity contribution >= 4 is 5.78 Å². The molecule has 1 unspecified atom stereocenters. The molecule has 1 nitrogen and oxygen atoms in total. The SMILES string of the molecule is CCCCC(C)C(=O)CC(C)C. The van der Waals surface area contributed by atoms with E-state index in [4.69, 9.17) is 0 Å². The van der Waals surface area contributed by atoms with Crippen LogP contribution < -0.4 is 0 Å². The molecule has 72 valence electrons. The molecule has 0 aliphatic heterocycles. The fourth-order valence-corrected chi connectivity index (χ4v) is 1.27. The molecular weight excluding hydrogens is 148 g/mol. The van der Waals surface area contributed by atoms with Crippen LogP contribution in [0.5, 0.6) is 0 Å². The first-order valence-corrected chi connectivity index (χ1v) is 5.10. The molecule has 0 bridgehead atoms. The summed E-state index contributed by atoms with van der Waals surface area (Å²) in [5, 5.41) is 0. The topological polar surface area (TPSA) is 17.1 Å². The predicted molar refractivity (Wildman–Crippen MR) is 53.2 cm³/mol. The quantitative estimate of drug-likeness (QED) is 0.597. The van der Waals surface area contributed by atoms with E-state index in [1.165, 1.54) is 12.8 Å². The first-order valence-electron chi connectivity index (χ1n) is 5.10. The monoisotopic (exact) mass is 170 g/mol. The van der Waals surface area contributed by atoms with E-state index in [1.54, 1.807) is 0 Å². The van der Waals surface area contributed by atoms with Gasteiger partial charge in [0.25, 0.3) is 0 Å². The van der Waals surface area contributed by atoms with E-state index in [1.807, 2.05) is 0 Å². The molecule has 0 fully saturated rings. The molecule has 12 heavy (non-hydrogen) atoms. The maximum absolute atomic E-state index is 11.5. The van der Waals surface area contributed by atoms with Gasteiger partial charge >= 0.3 is 0 Å². The molecule has 0 N–H and O–H groups in total. The van der Waals surface area contributed by atoms with Crippen LogP contribution in [0.4, 0.5) is 0 Å². The minimum Gasteiger partial charge on any atom is -0.299 e. The maximum atomic E-state index is 11.5. The third kappa shape index (κ3) is 5.34. The van der Waals surface area contributed by atoms with Crippen LogP contribution in [0.3, 0.4) is 0 Å². The Morgan fingerprint density at radius 2 is 1.83 bits per heavy atom. The first kappa shape index (κ1) is 11.7. The van der Waals surface area contributed by atoms with Gasteiger partial charge in [-0.05, 0) is 12.3 Å². The van der Waals surface area contributed by atoms with Crippen LogP contribution in [0.15, 0.2) is 0 Å². The van der Waals surface area contributed by atoms with Gasteiger partial charge in [-0.15, -0.1) is 0 Å². The third-order valence-electron chi connectivity index (χ3n) is 2.15.